The predicted molar refractivity (Wildman–Crippen MR) is 77.3 cm³/mol. The molecule has 0 aliphatic heterocycles. The molecule has 2 aromatic rings. The number of aromatic nitrogens is 1. The number of H-pyrrole nitrogens is 1. The highest BCUT2D eigenvalue weighted by atomic mass is 19.1. The van der Waals surface area contributed by atoms with E-state index in [0.717, 1.165) is 0 Å². The minimum Gasteiger partial charge on any atom is -0.321 e. The van der Waals surface area contributed by atoms with Crippen molar-refractivity contribution in [1.29, 1.82) is 0 Å². The van der Waals surface area contributed by atoms with Crippen LogP contribution in [-0.4, -0.2) is 17.4 Å². The summed E-state index contributed by atoms with van der Waals surface area (Å²) in [5.41, 5.74) is 5.48. The van der Waals surface area contributed by atoms with Crippen LogP contribution in [0.3, 0.4) is 0 Å². The molecule has 1 heterocycles. The summed E-state index contributed by atoms with van der Waals surface area (Å²) in [5, 5.41) is 2.55. The molecule has 0 bridgehead atoms. The van der Waals surface area contributed by atoms with E-state index in [1.807, 2.05) is 0 Å². The van der Waals surface area contributed by atoms with Gasteiger partial charge in [-0.15, -0.1) is 0 Å². The highest BCUT2D eigenvalue weighted by Gasteiger charge is 2.08. The number of anilines is 1. The second-order valence-electron chi connectivity index (χ2n) is 4.08. The van der Waals surface area contributed by atoms with E-state index in [2.05, 4.69) is 22.1 Å². The van der Waals surface area contributed by atoms with Crippen molar-refractivity contribution in [2.75, 3.05) is 11.9 Å². The summed E-state index contributed by atoms with van der Waals surface area (Å²) >= 11 is 0. The van der Waals surface area contributed by atoms with Gasteiger partial charge in [-0.2, -0.15) is 0 Å². The number of nitrogens with one attached hydrogen (secondary N) is 2. The fourth-order valence-corrected chi connectivity index (χ4v) is 1.62. The Labute approximate surface area is 120 Å². The van der Waals surface area contributed by atoms with Crippen molar-refractivity contribution in [3.63, 3.8) is 0 Å². The number of hydrogen-bond donors (Lipinski definition) is 3. The first kappa shape index (κ1) is 14.5. The van der Waals surface area contributed by atoms with E-state index in [-0.39, 0.29) is 23.4 Å². The van der Waals surface area contributed by atoms with Crippen LogP contribution in [0.4, 0.5) is 10.1 Å². The van der Waals surface area contributed by atoms with Gasteiger partial charge < -0.3 is 16.0 Å². The fourth-order valence-electron chi connectivity index (χ4n) is 1.62. The zero-order chi connectivity index (χ0) is 15.2. The first-order chi connectivity index (χ1) is 10.1. The molecule has 0 aliphatic carbocycles. The number of carbonyl (C=O) groups excluding carboxylic acids is 1. The zero-order valence-electron chi connectivity index (χ0n) is 10.9. The van der Waals surface area contributed by atoms with Crippen LogP contribution < -0.4 is 16.6 Å². The monoisotopic (exact) mass is 285 g/mol. The Morgan fingerprint density at radius 1 is 1.33 bits per heavy atom. The molecule has 6 heteroatoms. The summed E-state index contributed by atoms with van der Waals surface area (Å²) < 4.78 is 13.5. The number of benzene rings is 1. The standard InChI is InChI=1S/C15H12FN3O2/c16-12-7-6-11(9-10(12)3-2-8-17)18-15(21)13-4-1-5-14(20)19-13/h1,4-7,9H,8,17H2,(H,18,21)(H,19,20). The Bertz CT molecular complexity index is 787. The number of nitrogens with two attached hydrogens (primary N) is 1. The van der Waals surface area contributed by atoms with Crippen LogP contribution >= 0.6 is 0 Å². The third-order valence-corrected chi connectivity index (χ3v) is 2.56. The van der Waals surface area contributed by atoms with Crippen molar-refractivity contribution >= 4 is 11.6 Å². The topological polar surface area (TPSA) is 88.0 Å². The number of rotatable bonds is 2. The Morgan fingerprint density at radius 3 is 2.86 bits per heavy atom. The molecule has 0 unspecified atom stereocenters. The third-order valence-electron chi connectivity index (χ3n) is 2.56. The molecule has 1 aromatic heterocycles. The maximum Gasteiger partial charge on any atom is 0.272 e. The van der Waals surface area contributed by atoms with Gasteiger partial charge in [0.05, 0.1) is 12.1 Å². The minimum absolute atomic E-state index is 0.112. The summed E-state index contributed by atoms with van der Waals surface area (Å²) in [6, 6.07) is 8.24. The highest BCUT2D eigenvalue weighted by molar-refractivity contribution is 6.02. The quantitative estimate of drug-likeness (QED) is 0.721. The number of halogens is 1. The maximum absolute atomic E-state index is 13.5. The zero-order valence-corrected chi connectivity index (χ0v) is 10.9. The smallest absolute Gasteiger partial charge is 0.272 e. The van der Waals surface area contributed by atoms with Crippen molar-refractivity contribution < 1.29 is 9.18 Å². The normalized spacial score (nSPS) is 9.62. The number of hydrogen-bond acceptors (Lipinski definition) is 3. The Kier molecular flexibility index (Phi) is 4.49. The third kappa shape index (κ3) is 3.78. The molecule has 0 atom stereocenters. The fraction of sp³-hybridized carbons (Fsp3) is 0.0667. The molecule has 0 saturated heterocycles. The lowest BCUT2D eigenvalue weighted by atomic mass is 10.2. The van der Waals surface area contributed by atoms with Crippen LogP contribution in [0.25, 0.3) is 0 Å². The average molecular weight is 285 g/mol. The van der Waals surface area contributed by atoms with Crippen molar-refractivity contribution in [2.45, 2.75) is 0 Å². The van der Waals surface area contributed by atoms with Crippen LogP contribution in [0.2, 0.25) is 0 Å². The number of pyridine rings is 1. The summed E-state index contributed by atoms with van der Waals surface area (Å²) in [5.74, 6) is 4.12. The minimum atomic E-state index is -0.503. The lowest BCUT2D eigenvalue weighted by Crippen LogP contribution is -2.17. The van der Waals surface area contributed by atoms with E-state index in [1.54, 1.807) is 0 Å². The van der Waals surface area contributed by atoms with Gasteiger partial charge >= 0.3 is 0 Å². The van der Waals surface area contributed by atoms with Crippen LogP contribution in [0.5, 0.6) is 0 Å². The van der Waals surface area contributed by atoms with Gasteiger partial charge in [0.2, 0.25) is 5.56 Å². The van der Waals surface area contributed by atoms with Gasteiger partial charge in [-0.25, -0.2) is 4.39 Å². The molecule has 0 radical (unpaired) electrons. The lowest BCUT2D eigenvalue weighted by Gasteiger charge is -2.06. The molecule has 21 heavy (non-hydrogen) atoms. The molecular formula is C15H12FN3O2. The molecule has 1 amide bonds. The number of carbonyl (C=O) groups is 1. The lowest BCUT2D eigenvalue weighted by molar-refractivity contribution is 0.102. The summed E-state index contributed by atoms with van der Waals surface area (Å²) in [6.07, 6.45) is 0. The SMILES string of the molecule is NCC#Cc1cc(NC(=O)c2cccc(=O)[nH]2)ccc1F. The van der Waals surface area contributed by atoms with Gasteiger partial charge in [-0.1, -0.05) is 17.9 Å². The van der Waals surface area contributed by atoms with Crippen LogP contribution in [0.1, 0.15) is 16.1 Å². The van der Waals surface area contributed by atoms with Gasteiger partial charge in [0.25, 0.3) is 5.91 Å². The van der Waals surface area contributed by atoms with Gasteiger partial charge in [-0.05, 0) is 24.3 Å². The van der Waals surface area contributed by atoms with Crippen LogP contribution in [0, 0.1) is 17.7 Å². The van der Waals surface area contributed by atoms with E-state index in [0.29, 0.717) is 5.69 Å². The largest absolute Gasteiger partial charge is 0.321 e. The van der Waals surface area contributed by atoms with Crippen LogP contribution in [0.15, 0.2) is 41.2 Å². The molecule has 1 aromatic carbocycles. The van der Waals surface area contributed by atoms with Gasteiger partial charge in [0.1, 0.15) is 11.5 Å². The molecule has 106 valence electrons. The van der Waals surface area contributed by atoms with Gasteiger partial charge in [-0.3, -0.25) is 9.59 Å². The molecule has 0 aliphatic rings. The van der Waals surface area contributed by atoms with E-state index >= 15 is 0 Å². The summed E-state index contributed by atoms with van der Waals surface area (Å²) in [4.78, 5) is 25.5. The molecule has 4 N–H and O–H groups in total. The van der Waals surface area contributed by atoms with Gasteiger partial charge in [0.15, 0.2) is 0 Å². The maximum atomic E-state index is 13.5. The first-order valence-electron chi connectivity index (χ1n) is 6.09. The van der Waals surface area contributed by atoms with Crippen molar-refractivity contribution in [1.82, 2.24) is 4.98 Å². The molecule has 5 nitrogen and oxygen atoms in total. The molecule has 0 spiro atoms. The molecular weight excluding hydrogens is 273 g/mol. The Balaban J connectivity index is 2.23. The van der Waals surface area contributed by atoms with Gasteiger partial charge in [0, 0.05) is 11.8 Å². The first-order valence-corrected chi connectivity index (χ1v) is 6.09. The molecule has 0 fully saturated rings. The molecule has 0 saturated carbocycles. The average Bonchev–Trinajstić information content (AvgIpc) is 2.47. The van der Waals surface area contributed by atoms with Crippen LogP contribution in [-0.2, 0) is 0 Å². The summed E-state index contributed by atoms with van der Waals surface area (Å²) in [7, 11) is 0. The molecule has 2 rings (SSSR count). The Hall–Kier alpha value is -2.91. The van der Waals surface area contributed by atoms with Crippen molar-refractivity contribution in [3.8, 4) is 11.8 Å². The van der Waals surface area contributed by atoms with Crippen molar-refractivity contribution in [3.05, 3.63) is 63.8 Å². The second kappa shape index (κ2) is 6.50. The second-order valence-corrected chi connectivity index (χ2v) is 4.08. The van der Waals surface area contributed by atoms with E-state index in [4.69, 9.17) is 5.73 Å². The summed E-state index contributed by atoms with van der Waals surface area (Å²) in [6.45, 7) is 0.112. The van der Waals surface area contributed by atoms with Crippen molar-refractivity contribution in [2.24, 2.45) is 5.73 Å². The number of amides is 1. The van der Waals surface area contributed by atoms with E-state index < -0.39 is 11.7 Å². The van der Waals surface area contributed by atoms with E-state index in [1.165, 1.54) is 36.4 Å². The van der Waals surface area contributed by atoms with E-state index in [9.17, 15) is 14.0 Å². The predicted octanol–water partition coefficient (Wildman–Crippen LogP) is 1.08. The Morgan fingerprint density at radius 2 is 2.14 bits per heavy atom. The number of aromatic amines is 1. The highest BCUT2D eigenvalue weighted by Crippen LogP contribution is 2.14.